The summed E-state index contributed by atoms with van der Waals surface area (Å²) >= 11 is 5.19. The standard InChI is InChI=1S/C11H11BrOS/c1-7(13)4-8-6-14-11-3-2-9(12)5-10(8)11/h2-3,5-7,13H,4H2,1H3. The molecule has 14 heavy (non-hydrogen) atoms. The molecule has 1 aromatic carbocycles. The van der Waals surface area contributed by atoms with E-state index < -0.39 is 0 Å². The van der Waals surface area contributed by atoms with Crippen LogP contribution in [0.2, 0.25) is 0 Å². The molecule has 0 aliphatic rings. The Balaban J connectivity index is 2.50. The highest BCUT2D eigenvalue weighted by molar-refractivity contribution is 9.10. The van der Waals surface area contributed by atoms with Gasteiger partial charge in [-0.1, -0.05) is 15.9 Å². The summed E-state index contributed by atoms with van der Waals surface area (Å²) in [5.41, 5.74) is 1.24. The first-order valence-corrected chi connectivity index (χ1v) is 6.18. The molecule has 0 bridgehead atoms. The van der Waals surface area contributed by atoms with E-state index in [2.05, 4.69) is 33.4 Å². The van der Waals surface area contributed by atoms with E-state index >= 15 is 0 Å². The molecule has 2 rings (SSSR count). The SMILES string of the molecule is CC(O)Cc1csc2ccc(Br)cc12. The third-order valence-corrected chi connectivity index (χ3v) is 3.64. The first kappa shape index (κ1) is 10.1. The van der Waals surface area contributed by atoms with E-state index in [0.29, 0.717) is 0 Å². The van der Waals surface area contributed by atoms with Crippen LogP contribution in [0.25, 0.3) is 10.1 Å². The van der Waals surface area contributed by atoms with Crippen molar-refractivity contribution in [3.63, 3.8) is 0 Å². The van der Waals surface area contributed by atoms with Crippen molar-refractivity contribution in [2.24, 2.45) is 0 Å². The summed E-state index contributed by atoms with van der Waals surface area (Å²) in [5, 5.41) is 12.7. The molecule has 1 nitrogen and oxygen atoms in total. The zero-order valence-electron chi connectivity index (χ0n) is 7.83. The molecule has 1 unspecified atom stereocenters. The minimum Gasteiger partial charge on any atom is -0.393 e. The Bertz CT molecular complexity index is 447. The van der Waals surface area contributed by atoms with Crippen LogP contribution in [0, 0.1) is 0 Å². The number of rotatable bonds is 2. The molecule has 74 valence electrons. The Morgan fingerprint density at radius 3 is 3.00 bits per heavy atom. The van der Waals surface area contributed by atoms with E-state index in [-0.39, 0.29) is 6.10 Å². The van der Waals surface area contributed by atoms with Gasteiger partial charge >= 0.3 is 0 Å². The van der Waals surface area contributed by atoms with Gasteiger partial charge < -0.3 is 5.11 Å². The Labute approximate surface area is 95.5 Å². The smallest absolute Gasteiger partial charge is 0.0552 e. The molecule has 0 amide bonds. The number of hydrogen-bond donors (Lipinski definition) is 1. The van der Waals surface area contributed by atoms with Gasteiger partial charge in [-0.2, -0.15) is 0 Å². The fourth-order valence-electron chi connectivity index (χ4n) is 1.53. The highest BCUT2D eigenvalue weighted by Crippen LogP contribution is 2.29. The summed E-state index contributed by atoms with van der Waals surface area (Å²) < 4.78 is 2.37. The van der Waals surface area contributed by atoms with E-state index in [9.17, 15) is 5.11 Å². The lowest BCUT2D eigenvalue weighted by Gasteiger charge is -2.02. The molecule has 0 saturated heterocycles. The van der Waals surface area contributed by atoms with Crippen molar-refractivity contribution in [2.45, 2.75) is 19.4 Å². The summed E-state index contributed by atoms with van der Waals surface area (Å²) in [5.74, 6) is 0. The largest absolute Gasteiger partial charge is 0.393 e. The van der Waals surface area contributed by atoms with Gasteiger partial charge in [0.25, 0.3) is 0 Å². The van der Waals surface area contributed by atoms with Gasteiger partial charge in [0.15, 0.2) is 0 Å². The first-order valence-electron chi connectivity index (χ1n) is 4.50. The fraction of sp³-hybridized carbons (Fsp3) is 0.273. The van der Waals surface area contributed by atoms with Crippen LogP contribution in [0.15, 0.2) is 28.1 Å². The van der Waals surface area contributed by atoms with Crippen molar-refractivity contribution in [2.75, 3.05) is 0 Å². The summed E-state index contributed by atoms with van der Waals surface area (Å²) in [7, 11) is 0. The number of benzene rings is 1. The van der Waals surface area contributed by atoms with Crippen LogP contribution >= 0.6 is 27.3 Å². The molecule has 0 spiro atoms. The van der Waals surface area contributed by atoms with Gasteiger partial charge in [-0.15, -0.1) is 11.3 Å². The second kappa shape index (κ2) is 4.01. The van der Waals surface area contributed by atoms with Gasteiger partial charge in [0.1, 0.15) is 0 Å². The average Bonchev–Trinajstić information content (AvgIpc) is 2.47. The highest BCUT2D eigenvalue weighted by Gasteiger charge is 2.06. The van der Waals surface area contributed by atoms with E-state index in [1.165, 1.54) is 15.6 Å². The topological polar surface area (TPSA) is 20.2 Å². The predicted octanol–water partition coefficient (Wildman–Crippen LogP) is 3.59. The van der Waals surface area contributed by atoms with E-state index in [1.807, 2.05) is 13.0 Å². The maximum atomic E-state index is 9.35. The molecule has 1 aromatic heterocycles. The zero-order chi connectivity index (χ0) is 10.1. The molecule has 1 N–H and O–H groups in total. The van der Waals surface area contributed by atoms with Crippen molar-refractivity contribution in [1.82, 2.24) is 0 Å². The van der Waals surface area contributed by atoms with E-state index in [1.54, 1.807) is 11.3 Å². The normalized spacial score (nSPS) is 13.4. The third kappa shape index (κ3) is 2.00. The van der Waals surface area contributed by atoms with Crippen LogP contribution < -0.4 is 0 Å². The molecule has 3 heteroatoms. The summed E-state index contributed by atoms with van der Waals surface area (Å²) in [6, 6.07) is 6.27. The van der Waals surface area contributed by atoms with E-state index in [0.717, 1.165) is 10.9 Å². The van der Waals surface area contributed by atoms with Gasteiger partial charge in [0.05, 0.1) is 6.10 Å². The summed E-state index contributed by atoms with van der Waals surface area (Å²) in [6.07, 6.45) is 0.461. The molecule has 0 fully saturated rings. The zero-order valence-corrected chi connectivity index (χ0v) is 10.2. The van der Waals surface area contributed by atoms with Crippen molar-refractivity contribution >= 4 is 37.4 Å². The lowest BCUT2D eigenvalue weighted by molar-refractivity contribution is 0.196. The Morgan fingerprint density at radius 1 is 1.50 bits per heavy atom. The van der Waals surface area contributed by atoms with Gasteiger partial charge in [-0.3, -0.25) is 0 Å². The van der Waals surface area contributed by atoms with Crippen LogP contribution in [-0.4, -0.2) is 11.2 Å². The van der Waals surface area contributed by atoms with E-state index in [4.69, 9.17) is 0 Å². The van der Waals surface area contributed by atoms with Crippen molar-refractivity contribution in [3.8, 4) is 0 Å². The van der Waals surface area contributed by atoms with Crippen molar-refractivity contribution < 1.29 is 5.11 Å². The maximum absolute atomic E-state index is 9.35. The Morgan fingerprint density at radius 2 is 2.29 bits per heavy atom. The quantitative estimate of drug-likeness (QED) is 0.885. The molecule has 0 radical (unpaired) electrons. The molecule has 1 heterocycles. The van der Waals surface area contributed by atoms with Crippen LogP contribution in [0.3, 0.4) is 0 Å². The van der Waals surface area contributed by atoms with Crippen molar-refractivity contribution in [3.05, 3.63) is 33.6 Å². The number of hydrogen-bond acceptors (Lipinski definition) is 2. The van der Waals surface area contributed by atoms with Gasteiger partial charge in [-0.05, 0) is 47.9 Å². The Hall–Kier alpha value is -0.380. The molecular formula is C11H11BrOS. The molecule has 1 atom stereocenters. The molecular weight excluding hydrogens is 260 g/mol. The third-order valence-electron chi connectivity index (χ3n) is 2.13. The molecule has 0 saturated carbocycles. The van der Waals surface area contributed by atoms with Gasteiger partial charge in [0, 0.05) is 9.17 Å². The maximum Gasteiger partial charge on any atom is 0.0552 e. The van der Waals surface area contributed by atoms with Gasteiger partial charge in [-0.25, -0.2) is 0 Å². The fourth-order valence-corrected chi connectivity index (χ4v) is 2.85. The summed E-state index contributed by atoms with van der Waals surface area (Å²) in [4.78, 5) is 0. The minimum absolute atomic E-state index is 0.271. The minimum atomic E-state index is -0.271. The van der Waals surface area contributed by atoms with Crippen LogP contribution in [0.4, 0.5) is 0 Å². The van der Waals surface area contributed by atoms with Crippen molar-refractivity contribution in [1.29, 1.82) is 0 Å². The highest BCUT2D eigenvalue weighted by atomic mass is 79.9. The average molecular weight is 271 g/mol. The predicted molar refractivity (Wildman–Crippen MR) is 64.9 cm³/mol. The monoisotopic (exact) mass is 270 g/mol. The number of thiophene rings is 1. The lowest BCUT2D eigenvalue weighted by Crippen LogP contribution is -2.03. The van der Waals surface area contributed by atoms with Crippen LogP contribution in [0.5, 0.6) is 0 Å². The second-order valence-electron chi connectivity index (χ2n) is 3.45. The molecule has 0 aliphatic carbocycles. The van der Waals surface area contributed by atoms with Gasteiger partial charge in [0.2, 0.25) is 0 Å². The van der Waals surface area contributed by atoms with Crippen LogP contribution in [0.1, 0.15) is 12.5 Å². The molecule has 0 aliphatic heterocycles. The number of halogens is 1. The number of aliphatic hydroxyl groups excluding tert-OH is 1. The second-order valence-corrected chi connectivity index (χ2v) is 5.28. The first-order chi connectivity index (χ1) is 6.66. The Kier molecular flexibility index (Phi) is 2.91. The number of aliphatic hydroxyl groups is 1. The molecule has 2 aromatic rings. The number of fused-ring (bicyclic) bond motifs is 1. The van der Waals surface area contributed by atoms with Crippen LogP contribution in [-0.2, 0) is 6.42 Å². The lowest BCUT2D eigenvalue weighted by atomic mass is 10.1. The summed E-state index contributed by atoms with van der Waals surface area (Å²) in [6.45, 7) is 1.82.